The van der Waals surface area contributed by atoms with E-state index in [9.17, 15) is 0 Å². The number of halogens is 3. The third-order valence-corrected chi connectivity index (χ3v) is 3.10. The van der Waals surface area contributed by atoms with Crippen molar-refractivity contribution in [3.05, 3.63) is 62.9 Å². The van der Waals surface area contributed by atoms with Gasteiger partial charge in [-0.25, -0.2) is 0 Å². The molecule has 82 valence electrons. The number of benzene rings is 1. The number of hydrogen-bond donors (Lipinski definition) is 0. The van der Waals surface area contributed by atoms with Gasteiger partial charge in [0.1, 0.15) is 0 Å². The maximum atomic E-state index is 6.06. The lowest BCUT2D eigenvalue weighted by atomic mass is 10.1. The second-order valence-corrected chi connectivity index (χ2v) is 4.60. The first-order chi connectivity index (χ1) is 7.66. The molecule has 0 fully saturated rings. The van der Waals surface area contributed by atoms with Gasteiger partial charge in [0, 0.05) is 17.6 Å². The Labute approximate surface area is 109 Å². The van der Waals surface area contributed by atoms with Gasteiger partial charge in [-0.15, -0.1) is 0 Å². The Morgan fingerprint density at radius 3 is 2.44 bits per heavy atom. The average molecular weight is 273 g/mol. The molecule has 4 heteroatoms. The maximum absolute atomic E-state index is 6.06. The zero-order valence-corrected chi connectivity index (χ0v) is 10.5. The molecule has 0 unspecified atom stereocenters. The van der Waals surface area contributed by atoms with E-state index < -0.39 is 0 Å². The van der Waals surface area contributed by atoms with E-state index in [0.717, 1.165) is 16.3 Å². The lowest BCUT2D eigenvalue weighted by molar-refractivity contribution is 1.07. The van der Waals surface area contributed by atoms with Gasteiger partial charge >= 0.3 is 0 Å². The highest BCUT2D eigenvalue weighted by molar-refractivity contribution is 6.34. The fourth-order valence-corrected chi connectivity index (χ4v) is 2.04. The van der Waals surface area contributed by atoms with Crippen LogP contribution in [-0.2, 0) is 6.42 Å². The molecule has 1 heterocycles. The van der Waals surface area contributed by atoms with Crippen LogP contribution in [0.15, 0.2) is 36.5 Å². The molecule has 0 N–H and O–H groups in total. The number of hydrogen-bond acceptors (Lipinski definition) is 1. The van der Waals surface area contributed by atoms with Crippen molar-refractivity contribution in [2.75, 3.05) is 0 Å². The zero-order chi connectivity index (χ0) is 11.5. The topological polar surface area (TPSA) is 12.9 Å². The lowest BCUT2D eigenvalue weighted by Crippen LogP contribution is -1.94. The third-order valence-electron chi connectivity index (χ3n) is 2.20. The quantitative estimate of drug-likeness (QED) is 0.776. The number of nitrogens with zero attached hydrogens (tertiary/aromatic N) is 1. The Balaban J connectivity index is 2.31. The highest BCUT2D eigenvalue weighted by Crippen LogP contribution is 2.24. The van der Waals surface area contributed by atoms with Crippen LogP contribution in [0.3, 0.4) is 0 Å². The van der Waals surface area contributed by atoms with Gasteiger partial charge in [-0.05, 0) is 17.7 Å². The molecular weight excluding hydrogens is 264 g/mol. The lowest BCUT2D eigenvalue weighted by Gasteiger charge is -2.05. The predicted octanol–water partition coefficient (Wildman–Crippen LogP) is 4.63. The normalized spacial score (nSPS) is 10.4. The first-order valence-corrected chi connectivity index (χ1v) is 5.83. The van der Waals surface area contributed by atoms with Crippen molar-refractivity contribution in [1.29, 1.82) is 0 Å². The number of pyridine rings is 1. The van der Waals surface area contributed by atoms with Crippen molar-refractivity contribution >= 4 is 34.8 Å². The highest BCUT2D eigenvalue weighted by Gasteiger charge is 2.06. The molecule has 0 bridgehead atoms. The molecule has 2 aromatic rings. The van der Waals surface area contributed by atoms with E-state index >= 15 is 0 Å². The van der Waals surface area contributed by atoms with Crippen molar-refractivity contribution in [2.45, 2.75) is 6.42 Å². The van der Waals surface area contributed by atoms with Gasteiger partial charge in [-0.3, -0.25) is 4.98 Å². The van der Waals surface area contributed by atoms with Gasteiger partial charge < -0.3 is 0 Å². The molecule has 1 nitrogen and oxygen atoms in total. The van der Waals surface area contributed by atoms with Crippen molar-refractivity contribution < 1.29 is 0 Å². The minimum Gasteiger partial charge on any atom is -0.258 e. The van der Waals surface area contributed by atoms with Gasteiger partial charge in [-0.2, -0.15) is 0 Å². The van der Waals surface area contributed by atoms with Crippen molar-refractivity contribution in [3.8, 4) is 0 Å². The van der Waals surface area contributed by atoms with Crippen LogP contribution in [0.25, 0.3) is 0 Å². The molecule has 0 saturated carbocycles. The predicted molar refractivity (Wildman–Crippen MR) is 68.5 cm³/mol. The minimum absolute atomic E-state index is 0.535. The van der Waals surface area contributed by atoms with Gasteiger partial charge in [0.2, 0.25) is 0 Å². The van der Waals surface area contributed by atoms with E-state index in [0.29, 0.717) is 16.5 Å². The third kappa shape index (κ3) is 2.67. The van der Waals surface area contributed by atoms with Gasteiger partial charge in [0.15, 0.2) is 0 Å². The van der Waals surface area contributed by atoms with Crippen LogP contribution >= 0.6 is 34.8 Å². The molecule has 0 atom stereocenters. The van der Waals surface area contributed by atoms with E-state index in [1.807, 2.05) is 24.3 Å². The molecule has 16 heavy (non-hydrogen) atoms. The summed E-state index contributed by atoms with van der Waals surface area (Å²) < 4.78 is 0. The van der Waals surface area contributed by atoms with E-state index in [4.69, 9.17) is 34.8 Å². The zero-order valence-electron chi connectivity index (χ0n) is 8.25. The smallest absolute Gasteiger partial charge is 0.0639 e. The summed E-state index contributed by atoms with van der Waals surface area (Å²) in [5.41, 5.74) is 1.78. The first kappa shape index (κ1) is 11.7. The Morgan fingerprint density at radius 1 is 1.00 bits per heavy atom. The van der Waals surface area contributed by atoms with Gasteiger partial charge in [0.25, 0.3) is 0 Å². The maximum Gasteiger partial charge on any atom is 0.0639 e. The summed E-state index contributed by atoms with van der Waals surface area (Å²) in [5.74, 6) is 0. The molecule has 2 rings (SSSR count). The van der Waals surface area contributed by atoms with Crippen molar-refractivity contribution in [1.82, 2.24) is 4.98 Å². The van der Waals surface area contributed by atoms with Crippen LogP contribution in [0.5, 0.6) is 0 Å². The minimum atomic E-state index is 0.535. The molecule has 0 aliphatic carbocycles. The summed E-state index contributed by atoms with van der Waals surface area (Å²) in [7, 11) is 0. The Hall–Kier alpha value is -0.760. The molecule has 0 aliphatic heterocycles. The van der Waals surface area contributed by atoms with E-state index in [-0.39, 0.29) is 0 Å². The molecular formula is C12H8Cl3N. The second-order valence-electron chi connectivity index (χ2n) is 3.35. The van der Waals surface area contributed by atoms with Crippen LogP contribution in [-0.4, -0.2) is 4.98 Å². The summed E-state index contributed by atoms with van der Waals surface area (Å²) in [4.78, 5) is 4.19. The Morgan fingerprint density at radius 2 is 1.75 bits per heavy atom. The van der Waals surface area contributed by atoms with E-state index in [1.54, 1.807) is 12.3 Å². The SMILES string of the molecule is Clc1cnc(Cc2ccccc2Cl)c(Cl)c1. The van der Waals surface area contributed by atoms with Gasteiger partial charge in [0.05, 0.1) is 15.7 Å². The number of rotatable bonds is 2. The summed E-state index contributed by atoms with van der Waals surface area (Å²) in [6.45, 7) is 0. The molecule has 0 aliphatic rings. The fraction of sp³-hybridized carbons (Fsp3) is 0.0833. The van der Waals surface area contributed by atoms with E-state index in [2.05, 4.69) is 4.98 Å². The van der Waals surface area contributed by atoms with Crippen LogP contribution in [0.2, 0.25) is 15.1 Å². The fourth-order valence-electron chi connectivity index (χ4n) is 1.40. The average Bonchev–Trinajstić information content (AvgIpc) is 2.25. The summed E-state index contributed by atoms with van der Waals surface area (Å²) in [5, 5.41) is 1.82. The van der Waals surface area contributed by atoms with Crippen LogP contribution in [0, 0.1) is 0 Å². The molecule has 1 aromatic carbocycles. The van der Waals surface area contributed by atoms with Crippen LogP contribution in [0.4, 0.5) is 0 Å². The molecule has 0 radical (unpaired) electrons. The molecule has 1 aromatic heterocycles. The summed E-state index contributed by atoms with van der Waals surface area (Å²) in [6.07, 6.45) is 2.19. The molecule has 0 saturated heterocycles. The Bertz CT molecular complexity index is 511. The highest BCUT2D eigenvalue weighted by atomic mass is 35.5. The van der Waals surface area contributed by atoms with Crippen LogP contribution in [0.1, 0.15) is 11.3 Å². The summed E-state index contributed by atoms with van der Waals surface area (Å²) in [6, 6.07) is 9.31. The Kier molecular flexibility index (Phi) is 3.70. The molecule has 0 amide bonds. The molecule has 0 spiro atoms. The van der Waals surface area contributed by atoms with E-state index in [1.165, 1.54) is 0 Å². The van der Waals surface area contributed by atoms with Crippen molar-refractivity contribution in [2.24, 2.45) is 0 Å². The van der Waals surface area contributed by atoms with Crippen LogP contribution < -0.4 is 0 Å². The summed E-state index contributed by atoms with van der Waals surface area (Å²) >= 11 is 17.9. The monoisotopic (exact) mass is 271 g/mol. The largest absolute Gasteiger partial charge is 0.258 e. The second kappa shape index (κ2) is 5.05. The van der Waals surface area contributed by atoms with Crippen molar-refractivity contribution in [3.63, 3.8) is 0 Å². The standard InChI is InChI=1S/C12H8Cl3N/c13-9-6-11(15)12(16-7-9)5-8-3-1-2-4-10(8)14/h1-4,6-7H,5H2. The first-order valence-electron chi connectivity index (χ1n) is 4.70. The number of aromatic nitrogens is 1. The van der Waals surface area contributed by atoms with Gasteiger partial charge in [-0.1, -0.05) is 53.0 Å².